The van der Waals surface area contributed by atoms with E-state index in [4.69, 9.17) is 4.74 Å². The van der Waals surface area contributed by atoms with Crippen LogP contribution in [0, 0.1) is 0 Å². The molecule has 1 N–H and O–H groups in total. The van der Waals surface area contributed by atoms with Crippen LogP contribution in [0.4, 0.5) is 0 Å². The summed E-state index contributed by atoms with van der Waals surface area (Å²) in [7, 11) is 1.64. The van der Waals surface area contributed by atoms with Crippen molar-refractivity contribution in [2.24, 2.45) is 0 Å². The van der Waals surface area contributed by atoms with Gasteiger partial charge in [-0.05, 0) is 12.1 Å². The summed E-state index contributed by atoms with van der Waals surface area (Å²) in [6, 6.07) is 8.18. The molecule has 2 nitrogen and oxygen atoms in total. The molecular weight excluding hydrogens is 162 g/mol. The summed E-state index contributed by atoms with van der Waals surface area (Å²) in [5, 5.41) is 1.22. The number of rotatable bonds is 2. The van der Waals surface area contributed by atoms with Gasteiger partial charge in [-0.15, -0.1) is 0 Å². The van der Waals surface area contributed by atoms with E-state index < -0.39 is 0 Å². The molecule has 0 spiro atoms. The summed E-state index contributed by atoms with van der Waals surface area (Å²) in [6.07, 6.45) is 5.59. The van der Waals surface area contributed by atoms with Gasteiger partial charge in [0.05, 0.1) is 13.4 Å². The van der Waals surface area contributed by atoms with E-state index in [2.05, 4.69) is 17.1 Å². The lowest BCUT2D eigenvalue weighted by atomic mass is 10.2. The molecule has 66 valence electrons. The zero-order valence-corrected chi connectivity index (χ0v) is 7.45. The van der Waals surface area contributed by atoms with Gasteiger partial charge < -0.3 is 9.72 Å². The number of hydrogen-bond acceptors (Lipinski definition) is 1. The van der Waals surface area contributed by atoms with Crippen molar-refractivity contribution in [3.05, 3.63) is 42.3 Å². The Balaban J connectivity index is 2.52. The van der Waals surface area contributed by atoms with Crippen molar-refractivity contribution in [3.63, 3.8) is 0 Å². The predicted octanol–water partition coefficient (Wildman–Crippen LogP) is 2.79. The van der Waals surface area contributed by atoms with Crippen molar-refractivity contribution in [2.75, 3.05) is 7.11 Å². The molecule has 2 rings (SSSR count). The van der Waals surface area contributed by atoms with Crippen molar-refractivity contribution in [1.29, 1.82) is 0 Å². The van der Waals surface area contributed by atoms with Crippen LogP contribution in [-0.4, -0.2) is 12.1 Å². The van der Waals surface area contributed by atoms with Gasteiger partial charge in [-0.1, -0.05) is 18.2 Å². The average Bonchev–Trinajstić information content (AvgIpc) is 2.58. The van der Waals surface area contributed by atoms with Crippen LogP contribution in [0.15, 0.2) is 36.7 Å². The van der Waals surface area contributed by atoms with Crippen molar-refractivity contribution < 1.29 is 4.74 Å². The highest BCUT2D eigenvalue weighted by atomic mass is 16.5. The number of nitrogens with one attached hydrogen (secondary N) is 1. The molecule has 2 heteroatoms. The molecule has 0 amide bonds. The summed E-state index contributed by atoms with van der Waals surface area (Å²) < 4.78 is 4.87. The van der Waals surface area contributed by atoms with Gasteiger partial charge in [-0.2, -0.15) is 0 Å². The normalized spacial score (nSPS) is 11.2. The minimum atomic E-state index is 1.15. The van der Waals surface area contributed by atoms with E-state index in [9.17, 15) is 0 Å². The molecular formula is C11H11NO. The molecule has 2 aromatic rings. The number of fused-ring (bicyclic) bond motifs is 1. The second-order valence-electron chi connectivity index (χ2n) is 2.83. The van der Waals surface area contributed by atoms with Gasteiger partial charge in [0.25, 0.3) is 0 Å². The van der Waals surface area contributed by atoms with E-state index in [1.165, 1.54) is 5.39 Å². The van der Waals surface area contributed by atoms with Gasteiger partial charge in [0.1, 0.15) is 0 Å². The molecule has 0 aliphatic rings. The molecule has 0 saturated carbocycles. The Morgan fingerprint density at radius 1 is 1.31 bits per heavy atom. The highest BCUT2D eigenvalue weighted by Gasteiger charge is 1.97. The summed E-state index contributed by atoms with van der Waals surface area (Å²) in [4.78, 5) is 3.19. The molecule has 0 radical (unpaired) electrons. The van der Waals surface area contributed by atoms with Crippen LogP contribution >= 0.6 is 0 Å². The van der Waals surface area contributed by atoms with Crippen molar-refractivity contribution >= 4 is 17.0 Å². The molecule has 1 heterocycles. The van der Waals surface area contributed by atoms with Gasteiger partial charge in [0.2, 0.25) is 0 Å². The second kappa shape index (κ2) is 3.35. The fourth-order valence-corrected chi connectivity index (χ4v) is 1.37. The Bertz CT molecular complexity index is 428. The predicted molar refractivity (Wildman–Crippen MR) is 54.3 cm³/mol. The Hall–Kier alpha value is -1.70. The summed E-state index contributed by atoms with van der Waals surface area (Å²) in [5.41, 5.74) is 2.30. The number of H-pyrrole nitrogens is 1. The number of para-hydroxylation sites is 1. The Labute approximate surface area is 76.8 Å². The zero-order chi connectivity index (χ0) is 9.10. The largest absolute Gasteiger partial charge is 0.504 e. The van der Waals surface area contributed by atoms with E-state index in [1.807, 2.05) is 24.4 Å². The first kappa shape index (κ1) is 7.92. The van der Waals surface area contributed by atoms with Gasteiger partial charge in [0, 0.05) is 22.7 Å². The highest BCUT2D eigenvalue weighted by Crippen LogP contribution is 2.18. The van der Waals surface area contributed by atoms with Gasteiger partial charge >= 0.3 is 0 Å². The molecule has 1 aromatic heterocycles. The lowest BCUT2D eigenvalue weighted by Gasteiger charge is -1.90. The average molecular weight is 173 g/mol. The first-order chi connectivity index (χ1) is 6.42. The fraction of sp³-hybridized carbons (Fsp3) is 0.0909. The summed E-state index contributed by atoms with van der Waals surface area (Å²) in [5.74, 6) is 0. The van der Waals surface area contributed by atoms with E-state index in [0.717, 1.165) is 11.1 Å². The highest BCUT2D eigenvalue weighted by molar-refractivity contribution is 5.88. The Morgan fingerprint density at radius 2 is 2.15 bits per heavy atom. The molecule has 0 saturated heterocycles. The monoisotopic (exact) mass is 173 g/mol. The first-order valence-electron chi connectivity index (χ1n) is 4.17. The SMILES string of the molecule is CO/C=C/c1c[nH]c2ccccc12. The molecule has 0 aliphatic heterocycles. The van der Waals surface area contributed by atoms with Crippen molar-refractivity contribution in [2.45, 2.75) is 0 Å². The molecule has 0 fully saturated rings. The van der Waals surface area contributed by atoms with Gasteiger partial charge in [-0.25, -0.2) is 0 Å². The third kappa shape index (κ3) is 1.43. The molecule has 0 aliphatic carbocycles. The number of benzene rings is 1. The fourth-order valence-electron chi connectivity index (χ4n) is 1.37. The van der Waals surface area contributed by atoms with Crippen LogP contribution in [0.1, 0.15) is 5.56 Å². The summed E-state index contributed by atoms with van der Waals surface area (Å²) in [6.45, 7) is 0. The lowest BCUT2D eigenvalue weighted by Crippen LogP contribution is -1.68. The standard InChI is InChI=1S/C11H11NO/c1-13-7-6-9-8-12-11-5-3-2-4-10(9)11/h2-8,12H,1H3/b7-6+. The van der Waals surface area contributed by atoms with E-state index in [0.29, 0.717) is 0 Å². The number of aromatic nitrogens is 1. The minimum absolute atomic E-state index is 1.15. The quantitative estimate of drug-likeness (QED) is 0.694. The van der Waals surface area contributed by atoms with Gasteiger partial charge in [-0.3, -0.25) is 0 Å². The number of methoxy groups -OCH3 is 1. The smallest absolute Gasteiger partial charge is 0.0831 e. The Kier molecular flexibility index (Phi) is 2.04. The van der Waals surface area contributed by atoms with Crippen molar-refractivity contribution in [3.8, 4) is 0 Å². The molecule has 1 aromatic carbocycles. The lowest BCUT2D eigenvalue weighted by molar-refractivity contribution is 0.341. The van der Waals surface area contributed by atoms with Crippen LogP contribution in [0.5, 0.6) is 0 Å². The van der Waals surface area contributed by atoms with Gasteiger partial charge in [0.15, 0.2) is 0 Å². The van der Waals surface area contributed by atoms with Crippen molar-refractivity contribution in [1.82, 2.24) is 4.98 Å². The van der Waals surface area contributed by atoms with Crippen LogP contribution in [0.3, 0.4) is 0 Å². The summed E-state index contributed by atoms with van der Waals surface area (Å²) >= 11 is 0. The van der Waals surface area contributed by atoms with E-state index in [-0.39, 0.29) is 0 Å². The third-order valence-electron chi connectivity index (χ3n) is 2.00. The first-order valence-corrected chi connectivity index (χ1v) is 4.17. The van der Waals surface area contributed by atoms with Crippen LogP contribution in [-0.2, 0) is 4.74 Å². The van der Waals surface area contributed by atoms with E-state index in [1.54, 1.807) is 13.4 Å². The zero-order valence-electron chi connectivity index (χ0n) is 7.45. The van der Waals surface area contributed by atoms with Crippen LogP contribution in [0.25, 0.3) is 17.0 Å². The van der Waals surface area contributed by atoms with Crippen LogP contribution < -0.4 is 0 Å². The number of aromatic amines is 1. The molecule has 0 atom stereocenters. The second-order valence-corrected chi connectivity index (χ2v) is 2.83. The maximum Gasteiger partial charge on any atom is 0.0831 e. The third-order valence-corrected chi connectivity index (χ3v) is 2.00. The topological polar surface area (TPSA) is 25.0 Å². The maximum atomic E-state index is 4.87. The molecule has 0 unspecified atom stereocenters. The van der Waals surface area contributed by atoms with E-state index >= 15 is 0 Å². The minimum Gasteiger partial charge on any atom is -0.504 e. The Morgan fingerprint density at radius 3 is 3.00 bits per heavy atom. The molecule has 13 heavy (non-hydrogen) atoms. The van der Waals surface area contributed by atoms with Crippen LogP contribution in [0.2, 0.25) is 0 Å². The maximum absolute atomic E-state index is 4.87. The number of hydrogen-bond donors (Lipinski definition) is 1. The molecule has 0 bridgehead atoms. The number of ether oxygens (including phenoxy) is 1.